The number of hydrogen-bond acceptors (Lipinski definition) is 2. The van der Waals surface area contributed by atoms with Gasteiger partial charge in [-0.05, 0) is 24.3 Å². The van der Waals surface area contributed by atoms with Crippen LogP contribution in [0.1, 0.15) is 0 Å². The quantitative estimate of drug-likeness (QED) is 0.861. The summed E-state index contributed by atoms with van der Waals surface area (Å²) in [6, 6.07) is 13.6. The molecule has 1 N–H and O–H groups in total. The van der Waals surface area contributed by atoms with E-state index in [-0.39, 0.29) is 11.7 Å². The molecule has 102 valence electrons. The van der Waals surface area contributed by atoms with E-state index in [0.717, 1.165) is 16.3 Å². The van der Waals surface area contributed by atoms with Crippen molar-refractivity contribution in [3.05, 3.63) is 54.3 Å². The van der Waals surface area contributed by atoms with E-state index in [0.29, 0.717) is 6.54 Å². The first-order chi connectivity index (χ1) is 9.75. The highest BCUT2D eigenvalue weighted by Crippen LogP contribution is 2.34. The molecule has 0 spiro atoms. The molecular formula is C15H13FN2OS. The molecule has 1 heterocycles. The van der Waals surface area contributed by atoms with Crippen molar-refractivity contribution in [1.29, 1.82) is 0 Å². The third kappa shape index (κ3) is 2.49. The Morgan fingerprint density at radius 1 is 1.15 bits per heavy atom. The number of thioether (sulfide) groups is 1. The molecule has 20 heavy (non-hydrogen) atoms. The van der Waals surface area contributed by atoms with Gasteiger partial charge in [0.15, 0.2) is 0 Å². The monoisotopic (exact) mass is 288 g/mol. The number of amides is 2. The molecule has 3 nitrogen and oxygen atoms in total. The Hall–Kier alpha value is -2.01. The van der Waals surface area contributed by atoms with Crippen molar-refractivity contribution in [2.45, 2.75) is 4.90 Å². The van der Waals surface area contributed by atoms with Gasteiger partial charge in [0.1, 0.15) is 5.82 Å². The zero-order valence-electron chi connectivity index (χ0n) is 10.7. The van der Waals surface area contributed by atoms with E-state index >= 15 is 0 Å². The number of nitrogens with one attached hydrogen (secondary N) is 1. The zero-order valence-corrected chi connectivity index (χ0v) is 11.5. The van der Waals surface area contributed by atoms with Crippen molar-refractivity contribution in [2.75, 3.05) is 22.5 Å². The van der Waals surface area contributed by atoms with Gasteiger partial charge in [0.25, 0.3) is 0 Å². The molecule has 0 fully saturated rings. The lowest BCUT2D eigenvalue weighted by atomic mass is 10.2. The third-order valence-electron chi connectivity index (χ3n) is 3.09. The van der Waals surface area contributed by atoms with Crippen LogP contribution in [0, 0.1) is 5.82 Å². The average molecular weight is 288 g/mol. The maximum absolute atomic E-state index is 13.6. The number of carbonyl (C=O) groups excluding carboxylic acids is 1. The number of nitrogens with zero attached hydrogens (tertiary/aromatic N) is 1. The van der Waals surface area contributed by atoms with Crippen molar-refractivity contribution in [3.8, 4) is 0 Å². The van der Waals surface area contributed by atoms with Crippen LogP contribution in [0.2, 0.25) is 0 Å². The fraction of sp³-hybridized carbons (Fsp3) is 0.133. The molecule has 2 aromatic carbocycles. The fourth-order valence-electron chi connectivity index (χ4n) is 2.13. The Balaban J connectivity index is 1.84. The smallest absolute Gasteiger partial charge is 0.305 e. The minimum absolute atomic E-state index is 0.202. The first-order valence-corrected chi connectivity index (χ1v) is 7.29. The van der Waals surface area contributed by atoms with Gasteiger partial charge in [-0.15, -0.1) is 11.8 Å². The number of carbonyl (C=O) groups is 1. The molecule has 2 aromatic rings. The van der Waals surface area contributed by atoms with Crippen LogP contribution >= 0.6 is 11.8 Å². The molecule has 0 unspecified atom stereocenters. The largest absolute Gasteiger partial charge is 0.326 e. The van der Waals surface area contributed by atoms with Gasteiger partial charge >= 0.3 is 6.03 Å². The molecule has 0 saturated heterocycles. The summed E-state index contributed by atoms with van der Waals surface area (Å²) in [6.07, 6.45) is 0. The van der Waals surface area contributed by atoms with Gasteiger partial charge in [-0.2, -0.15) is 0 Å². The summed E-state index contributed by atoms with van der Waals surface area (Å²) in [5.74, 6) is 0.405. The Morgan fingerprint density at radius 3 is 2.75 bits per heavy atom. The van der Waals surface area contributed by atoms with E-state index in [9.17, 15) is 9.18 Å². The van der Waals surface area contributed by atoms with Crippen LogP contribution in [-0.4, -0.2) is 18.3 Å². The van der Waals surface area contributed by atoms with E-state index in [4.69, 9.17) is 0 Å². The summed E-state index contributed by atoms with van der Waals surface area (Å²) < 4.78 is 13.6. The Bertz CT molecular complexity index is 647. The summed E-state index contributed by atoms with van der Waals surface area (Å²) in [6.45, 7) is 0.613. The molecule has 0 aliphatic carbocycles. The van der Waals surface area contributed by atoms with Crippen molar-refractivity contribution in [3.63, 3.8) is 0 Å². The topological polar surface area (TPSA) is 32.3 Å². The minimum Gasteiger partial charge on any atom is -0.305 e. The predicted octanol–water partition coefficient (Wildman–Crippen LogP) is 3.97. The van der Waals surface area contributed by atoms with Gasteiger partial charge in [-0.25, -0.2) is 9.18 Å². The van der Waals surface area contributed by atoms with Crippen LogP contribution in [0.25, 0.3) is 0 Å². The first-order valence-electron chi connectivity index (χ1n) is 6.30. The number of fused-ring (bicyclic) bond motifs is 1. The number of rotatable bonds is 1. The van der Waals surface area contributed by atoms with E-state index in [1.165, 1.54) is 6.07 Å². The molecular weight excluding hydrogens is 275 g/mol. The highest BCUT2D eigenvalue weighted by Gasteiger charge is 2.23. The molecule has 0 bridgehead atoms. The first kappa shape index (κ1) is 13.0. The number of benzene rings is 2. The number of urea groups is 1. The molecule has 0 saturated carbocycles. The summed E-state index contributed by atoms with van der Waals surface area (Å²) in [4.78, 5) is 15.0. The maximum Gasteiger partial charge on any atom is 0.326 e. The molecule has 0 radical (unpaired) electrons. The SMILES string of the molecule is O=C(Nc1ccccc1F)N1CCSc2ccccc21. The molecule has 0 atom stereocenters. The van der Waals surface area contributed by atoms with Crippen LogP contribution in [-0.2, 0) is 0 Å². The molecule has 2 amide bonds. The van der Waals surface area contributed by atoms with Gasteiger partial charge in [-0.3, -0.25) is 4.90 Å². The van der Waals surface area contributed by atoms with Crippen molar-refractivity contribution in [1.82, 2.24) is 0 Å². The second-order valence-electron chi connectivity index (χ2n) is 4.38. The van der Waals surface area contributed by atoms with Crippen LogP contribution in [0.3, 0.4) is 0 Å². The van der Waals surface area contributed by atoms with Crippen molar-refractivity contribution in [2.24, 2.45) is 0 Å². The average Bonchev–Trinajstić information content (AvgIpc) is 2.49. The van der Waals surface area contributed by atoms with Gasteiger partial charge in [0.05, 0.1) is 11.4 Å². The highest BCUT2D eigenvalue weighted by molar-refractivity contribution is 7.99. The number of anilines is 2. The maximum atomic E-state index is 13.6. The van der Waals surface area contributed by atoms with Crippen molar-refractivity contribution >= 4 is 29.2 Å². The lowest BCUT2D eigenvalue weighted by molar-refractivity contribution is 0.257. The number of halogens is 1. The third-order valence-corrected chi connectivity index (χ3v) is 4.13. The van der Waals surface area contributed by atoms with Gasteiger partial charge in [-0.1, -0.05) is 24.3 Å². The fourth-order valence-corrected chi connectivity index (χ4v) is 3.12. The Morgan fingerprint density at radius 2 is 1.90 bits per heavy atom. The summed E-state index contributed by atoms with van der Waals surface area (Å²) >= 11 is 1.72. The highest BCUT2D eigenvalue weighted by atomic mass is 32.2. The standard InChI is InChI=1S/C15H13FN2OS/c16-11-5-1-2-6-12(11)17-15(19)18-9-10-20-14-8-4-3-7-13(14)18/h1-8H,9-10H2,(H,17,19). The second kappa shape index (κ2) is 5.54. The van der Waals surface area contributed by atoms with Crippen LogP contribution in [0.5, 0.6) is 0 Å². The lowest BCUT2D eigenvalue weighted by Gasteiger charge is -2.29. The lowest BCUT2D eigenvalue weighted by Crippen LogP contribution is -2.38. The van der Waals surface area contributed by atoms with Crippen LogP contribution in [0.15, 0.2) is 53.4 Å². The molecule has 1 aliphatic heterocycles. The summed E-state index contributed by atoms with van der Waals surface area (Å²) in [5.41, 5.74) is 1.07. The van der Waals surface area contributed by atoms with Crippen LogP contribution < -0.4 is 10.2 Å². The minimum atomic E-state index is -0.430. The summed E-state index contributed by atoms with van der Waals surface area (Å²) in [5, 5.41) is 2.62. The van der Waals surface area contributed by atoms with E-state index in [1.54, 1.807) is 34.9 Å². The Labute approximate surface area is 120 Å². The second-order valence-corrected chi connectivity index (χ2v) is 5.51. The number of hydrogen-bond donors (Lipinski definition) is 1. The van der Waals surface area contributed by atoms with Gasteiger partial charge in [0.2, 0.25) is 0 Å². The van der Waals surface area contributed by atoms with Crippen LogP contribution in [0.4, 0.5) is 20.6 Å². The van der Waals surface area contributed by atoms with E-state index in [2.05, 4.69) is 5.32 Å². The summed E-state index contributed by atoms with van der Waals surface area (Å²) in [7, 11) is 0. The predicted molar refractivity (Wildman–Crippen MR) is 79.9 cm³/mol. The van der Waals surface area contributed by atoms with Crippen molar-refractivity contribution < 1.29 is 9.18 Å². The van der Waals surface area contributed by atoms with E-state index in [1.807, 2.05) is 24.3 Å². The van der Waals surface area contributed by atoms with Gasteiger partial charge < -0.3 is 5.32 Å². The zero-order chi connectivity index (χ0) is 13.9. The molecule has 1 aliphatic rings. The normalized spacial score (nSPS) is 13.8. The molecule has 0 aromatic heterocycles. The molecule has 3 rings (SSSR count). The molecule has 5 heteroatoms. The number of para-hydroxylation sites is 2. The van der Waals surface area contributed by atoms with E-state index < -0.39 is 5.82 Å². The Kier molecular flexibility index (Phi) is 3.60. The van der Waals surface area contributed by atoms with Gasteiger partial charge in [0, 0.05) is 17.2 Å².